The maximum Gasteiger partial charge on any atom is 0.225 e. The first-order valence-electron chi connectivity index (χ1n) is 7.03. The lowest BCUT2D eigenvalue weighted by atomic mass is 9.82. The predicted octanol–water partition coefficient (Wildman–Crippen LogP) is 2.49. The average Bonchev–Trinajstić information content (AvgIpc) is 2.75. The van der Waals surface area contributed by atoms with Gasteiger partial charge in [-0.05, 0) is 37.6 Å². The summed E-state index contributed by atoms with van der Waals surface area (Å²) in [6, 6.07) is 0. The monoisotopic (exact) mass is 274 g/mol. The topological polar surface area (TPSA) is 41.1 Å². The highest BCUT2D eigenvalue weighted by atomic mass is 35.5. The summed E-state index contributed by atoms with van der Waals surface area (Å²) in [5.41, 5.74) is 0.168. The van der Waals surface area contributed by atoms with Crippen molar-refractivity contribution in [3.63, 3.8) is 0 Å². The summed E-state index contributed by atoms with van der Waals surface area (Å²) in [6.07, 6.45) is 6.99. The van der Waals surface area contributed by atoms with E-state index in [-0.39, 0.29) is 29.1 Å². The summed E-state index contributed by atoms with van der Waals surface area (Å²) in [6.45, 7) is 7.38. The molecule has 0 aromatic carbocycles. The molecule has 2 rings (SSSR count). The molecule has 18 heavy (non-hydrogen) atoms. The molecule has 1 saturated carbocycles. The van der Waals surface area contributed by atoms with Crippen LogP contribution in [0.2, 0.25) is 0 Å². The average molecular weight is 275 g/mol. The first-order chi connectivity index (χ1) is 8.04. The minimum atomic E-state index is -0.0849. The van der Waals surface area contributed by atoms with Crippen molar-refractivity contribution in [1.29, 1.82) is 0 Å². The van der Waals surface area contributed by atoms with Gasteiger partial charge in [0.05, 0.1) is 0 Å². The zero-order valence-corrected chi connectivity index (χ0v) is 12.5. The molecule has 106 valence electrons. The molecule has 1 unspecified atom stereocenters. The molecule has 0 aromatic heterocycles. The number of amides is 1. The quantitative estimate of drug-likeness (QED) is 0.830. The van der Waals surface area contributed by atoms with E-state index in [0.29, 0.717) is 0 Å². The maximum absolute atomic E-state index is 12.2. The van der Waals surface area contributed by atoms with Crippen LogP contribution in [0.5, 0.6) is 0 Å². The second kappa shape index (κ2) is 6.25. The fourth-order valence-corrected chi connectivity index (χ4v) is 3.16. The van der Waals surface area contributed by atoms with Crippen molar-refractivity contribution in [3.8, 4) is 0 Å². The Morgan fingerprint density at radius 3 is 2.39 bits per heavy atom. The standard InChI is InChI=1S/C14H26N2O.ClH/c1-13(6-5-9-15-10-13)11-16-12(17)14(2)7-3-4-8-14;/h15H,3-11H2,1-2H3,(H,16,17);1H. The number of rotatable bonds is 3. The Hall–Kier alpha value is -0.280. The number of carbonyl (C=O) groups is 1. The lowest BCUT2D eigenvalue weighted by molar-refractivity contribution is -0.130. The number of nitrogens with one attached hydrogen (secondary N) is 2. The molecule has 2 aliphatic rings. The van der Waals surface area contributed by atoms with Gasteiger partial charge in [0.15, 0.2) is 0 Å². The molecule has 0 radical (unpaired) electrons. The predicted molar refractivity (Wildman–Crippen MR) is 77.0 cm³/mol. The Labute approximate surface area is 117 Å². The van der Waals surface area contributed by atoms with Crippen molar-refractivity contribution in [2.45, 2.75) is 52.4 Å². The van der Waals surface area contributed by atoms with Crippen molar-refractivity contribution < 1.29 is 4.79 Å². The van der Waals surface area contributed by atoms with Crippen LogP contribution in [0, 0.1) is 10.8 Å². The summed E-state index contributed by atoms with van der Waals surface area (Å²) >= 11 is 0. The van der Waals surface area contributed by atoms with Crippen molar-refractivity contribution in [3.05, 3.63) is 0 Å². The van der Waals surface area contributed by atoms with Gasteiger partial charge in [-0.1, -0.05) is 26.7 Å². The molecule has 0 spiro atoms. The van der Waals surface area contributed by atoms with Crippen LogP contribution in [-0.4, -0.2) is 25.5 Å². The van der Waals surface area contributed by atoms with Gasteiger partial charge < -0.3 is 10.6 Å². The minimum Gasteiger partial charge on any atom is -0.355 e. The number of carbonyl (C=O) groups excluding carboxylic acids is 1. The SMILES string of the molecule is CC1(CNC(=O)C2(C)CCCC2)CCCNC1.Cl. The normalized spacial score (nSPS) is 30.6. The van der Waals surface area contributed by atoms with Crippen molar-refractivity contribution >= 4 is 18.3 Å². The zero-order chi connectivity index (χ0) is 12.4. The molecular formula is C14H27ClN2O. The third kappa shape index (κ3) is 3.61. The first-order valence-corrected chi connectivity index (χ1v) is 7.03. The van der Waals surface area contributed by atoms with E-state index in [1.807, 2.05) is 0 Å². The van der Waals surface area contributed by atoms with Crippen LogP contribution in [0.4, 0.5) is 0 Å². The molecule has 1 heterocycles. The molecule has 4 heteroatoms. The van der Waals surface area contributed by atoms with E-state index < -0.39 is 0 Å². The van der Waals surface area contributed by atoms with Gasteiger partial charge in [0.25, 0.3) is 0 Å². The number of hydrogen-bond donors (Lipinski definition) is 2. The fraction of sp³-hybridized carbons (Fsp3) is 0.929. The van der Waals surface area contributed by atoms with E-state index in [1.54, 1.807) is 0 Å². The Bertz CT molecular complexity index is 282. The van der Waals surface area contributed by atoms with Crippen LogP contribution >= 0.6 is 12.4 Å². The van der Waals surface area contributed by atoms with Gasteiger partial charge >= 0.3 is 0 Å². The molecule has 1 saturated heterocycles. The van der Waals surface area contributed by atoms with Crippen LogP contribution in [0.1, 0.15) is 52.4 Å². The molecule has 1 aliphatic heterocycles. The molecular weight excluding hydrogens is 248 g/mol. The number of piperidine rings is 1. The van der Waals surface area contributed by atoms with Crippen molar-refractivity contribution in [2.24, 2.45) is 10.8 Å². The van der Waals surface area contributed by atoms with E-state index in [4.69, 9.17) is 0 Å². The van der Waals surface area contributed by atoms with Gasteiger partial charge in [-0.15, -0.1) is 12.4 Å². The molecule has 1 amide bonds. The van der Waals surface area contributed by atoms with E-state index in [9.17, 15) is 4.79 Å². The zero-order valence-electron chi connectivity index (χ0n) is 11.7. The van der Waals surface area contributed by atoms with Crippen LogP contribution in [0.25, 0.3) is 0 Å². The Morgan fingerprint density at radius 1 is 1.17 bits per heavy atom. The Morgan fingerprint density at radius 2 is 1.83 bits per heavy atom. The highest BCUT2D eigenvalue weighted by Crippen LogP contribution is 2.37. The molecule has 2 fully saturated rings. The summed E-state index contributed by atoms with van der Waals surface area (Å²) in [4.78, 5) is 12.2. The second-order valence-electron chi connectivity index (χ2n) is 6.54. The Kier molecular flexibility index (Phi) is 5.47. The minimum absolute atomic E-state index is 0. The van der Waals surface area contributed by atoms with E-state index in [2.05, 4.69) is 24.5 Å². The first kappa shape index (κ1) is 15.8. The van der Waals surface area contributed by atoms with Crippen LogP contribution in [0.15, 0.2) is 0 Å². The van der Waals surface area contributed by atoms with Crippen molar-refractivity contribution in [1.82, 2.24) is 10.6 Å². The third-order valence-corrected chi connectivity index (χ3v) is 4.62. The number of hydrogen-bond acceptors (Lipinski definition) is 2. The summed E-state index contributed by atoms with van der Waals surface area (Å²) in [5, 5.41) is 6.62. The third-order valence-electron chi connectivity index (χ3n) is 4.62. The molecule has 2 N–H and O–H groups in total. The molecule has 0 aromatic rings. The van der Waals surface area contributed by atoms with Gasteiger partial charge in [0, 0.05) is 18.5 Å². The summed E-state index contributed by atoms with van der Waals surface area (Å²) in [5.74, 6) is 0.279. The lowest BCUT2D eigenvalue weighted by Gasteiger charge is -2.35. The molecule has 3 nitrogen and oxygen atoms in total. The van der Waals surface area contributed by atoms with Crippen LogP contribution < -0.4 is 10.6 Å². The van der Waals surface area contributed by atoms with Gasteiger partial charge in [-0.3, -0.25) is 4.79 Å². The smallest absolute Gasteiger partial charge is 0.225 e. The van der Waals surface area contributed by atoms with E-state index >= 15 is 0 Å². The van der Waals surface area contributed by atoms with Crippen LogP contribution in [0.3, 0.4) is 0 Å². The van der Waals surface area contributed by atoms with Gasteiger partial charge in [-0.25, -0.2) is 0 Å². The summed E-state index contributed by atoms with van der Waals surface area (Å²) < 4.78 is 0. The Balaban J connectivity index is 0.00000162. The fourth-order valence-electron chi connectivity index (χ4n) is 3.16. The maximum atomic E-state index is 12.2. The highest BCUT2D eigenvalue weighted by Gasteiger charge is 2.37. The summed E-state index contributed by atoms with van der Waals surface area (Å²) in [7, 11) is 0. The lowest BCUT2D eigenvalue weighted by Crippen LogP contribution is -2.48. The van der Waals surface area contributed by atoms with Gasteiger partial charge in [0.1, 0.15) is 0 Å². The molecule has 0 bridgehead atoms. The molecule has 1 atom stereocenters. The number of halogens is 1. The van der Waals surface area contributed by atoms with Gasteiger partial charge in [-0.2, -0.15) is 0 Å². The van der Waals surface area contributed by atoms with Gasteiger partial charge in [0.2, 0.25) is 5.91 Å². The molecule has 1 aliphatic carbocycles. The van der Waals surface area contributed by atoms with E-state index in [0.717, 1.165) is 32.5 Å². The van der Waals surface area contributed by atoms with Crippen molar-refractivity contribution in [2.75, 3.05) is 19.6 Å². The van der Waals surface area contributed by atoms with Crippen LogP contribution in [-0.2, 0) is 4.79 Å². The van der Waals surface area contributed by atoms with E-state index in [1.165, 1.54) is 25.7 Å². The second-order valence-corrected chi connectivity index (χ2v) is 6.54. The highest BCUT2D eigenvalue weighted by molar-refractivity contribution is 5.85. The largest absolute Gasteiger partial charge is 0.355 e.